The molecular weight excluding hydrogens is 392 g/mol. The Hall–Kier alpha value is -2.25. The summed E-state index contributed by atoms with van der Waals surface area (Å²) >= 11 is 6.87. The lowest BCUT2D eigenvalue weighted by Gasteiger charge is -2.18. The summed E-state index contributed by atoms with van der Waals surface area (Å²) in [7, 11) is 0. The van der Waals surface area contributed by atoms with E-state index in [0.29, 0.717) is 28.7 Å². The van der Waals surface area contributed by atoms with E-state index in [9.17, 15) is 9.59 Å². The Morgan fingerprint density at radius 3 is 2.79 bits per heavy atom. The largest absolute Gasteiger partial charge is 0.462 e. The summed E-state index contributed by atoms with van der Waals surface area (Å²) in [4.78, 5) is 26.3. The van der Waals surface area contributed by atoms with Crippen LogP contribution in [0, 0.1) is 12.8 Å². The summed E-state index contributed by atoms with van der Waals surface area (Å²) in [6.45, 7) is 6.19. The quantitative estimate of drug-likeness (QED) is 0.568. The highest BCUT2D eigenvalue weighted by Gasteiger charge is 2.29. The van der Waals surface area contributed by atoms with Crippen LogP contribution in [0.4, 0.5) is 5.00 Å². The summed E-state index contributed by atoms with van der Waals surface area (Å²) in [6.07, 6.45) is 2.84. The van der Waals surface area contributed by atoms with Crippen LogP contribution in [0.1, 0.15) is 57.0 Å². The Labute approximate surface area is 174 Å². The second-order valence-corrected chi connectivity index (χ2v) is 8.51. The molecule has 0 spiro atoms. The molecule has 0 radical (unpaired) electrons. The third-order valence-electron chi connectivity index (χ3n) is 4.84. The minimum Gasteiger partial charge on any atom is -0.462 e. The Morgan fingerprint density at radius 1 is 1.32 bits per heavy atom. The number of benzene rings is 1. The molecule has 2 aromatic rings. The van der Waals surface area contributed by atoms with Gasteiger partial charge in [0, 0.05) is 10.4 Å². The fraction of sp³-hybridized carbons (Fsp3) is 0.381. The Kier molecular flexibility index (Phi) is 6.46. The maximum absolute atomic E-state index is 12.6. The van der Waals surface area contributed by atoms with E-state index in [1.54, 1.807) is 13.0 Å². The van der Waals surface area contributed by atoms with E-state index in [1.165, 1.54) is 16.2 Å². The molecule has 0 aliphatic heterocycles. The first-order valence-electron chi connectivity index (χ1n) is 9.40. The number of ether oxygens (including phenoxy) is 1. The lowest BCUT2D eigenvalue weighted by molar-refractivity contribution is 0.0526. The standard InChI is InChI=1S/C21H24N2O3S2/c1-4-26-20(25)17-15-10-9-12(2)11-16(15)28-19(17)23-21(27)22-18(24)14-8-6-5-7-13(14)3/h5-8,12H,4,9-11H2,1-3H3,(H2,22,23,24,27). The molecule has 1 aliphatic carbocycles. The van der Waals surface area contributed by atoms with Gasteiger partial charge in [-0.1, -0.05) is 25.1 Å². The van der Waals surface area contributed by atoms with Crippen molar-refractivity contribution in [3.05, 3.63) is 51.4 Å². The minimum absolute atomic E-state index is 0.172. The molecule has 1 atom stereocenters. The van der Waals surface area contributed by atoms with Gasteiger partial charge in [0.15, 0.2) is 5.11 Å². The van der Waals surface area contributed by atoms with Gasteiger partial charge in [-0.25, -0.2) is 4.79 Å². The van der Waals surface area contributed by atoms with Crippen molar-refractivity contribution in [3.8, 4) is 0 Å². The lowest BCUT2D eigenvalue weighted by atomic mass is 9.88. The molecule has 0 saturated carbocycles. The third kappa shape index (κ3) is 4.42. The van der Waals surface area contributed by atoms with Gasteiger partial charge >= 0.3 is 5.97 Å². The summed E-state index contributed by atoms with van der Waals surface area (Å²) in [5, 5.41) is 6.59. The van der Waals surface area contributed by atoms with E-state index in [1.807, 2.05) is 25.1 Å². The fourth-order valence-electron chi connectivity index (χ4n) is 3.39. The number of rotatable bonds is 4. The first kappa shape index (κ1) is 20.5. The Bertz CT molecular complexity index is 920. The minimum atomic E-state index is -0.343. The van der Waals surface area contributed by atoms with Crippen LogP contribution in [0.15, 0.2) is 24.3 Å². The van der Waals surface area contributed by atoms with Gasteiger partial charge < -0.3 is 10.1 Å². The van der Waals surface area contributed by atoms with E-state index in [-0.39, 0.29) is 17.0 Å². The van der Waals surface area contributed by atoms with Gasteiger partial charge in [-0.3, -0.25) is 10.1 Å². The molecule has 1 aliphatic rings. The highest BCUT2D eigenvalue weighted by Crippen LogP contribution is 2.40. The maximum Gasteiger partial charge on any atom is 0.341 e. The number of amides is 1. The molecule has 0 bridgehead atoms. The zero-order chi connectivity index (χ0) is 20.3. The van der Waals surface area contributed by atoms with Crippen LogP contribution in [0.25, 0.3) is 0 Å². The molecule has 1 unspecified atom stereocenters. The zero-order valence-corrected chi connectivity index (χ0v) is 17.9. The molecule has 148 valence electrons. The third-order valence-corrected chi connectivity index (χ3v) is 6.21. The molecule has 1 amide bonds. The van der Waals surface area contributed by atoms with E-state index in [4.69, 9.17) is 17.0 Å². The average molecular weight is 417 g/mol. The second kappa shape index (κ2) is 8.84. The Balaban J connectivity index is 1.81. The van der Waals surface area contributed by atoms with Crippen LogP contribution >= 0.6 is 23.6 Å². The molecule has 1 heterocycles. The van der Waals surface area contributed by atoms with E-state index >= 15 is 0 Å². The van der Waals surface area contributed by atoms with Gasteiger partial charge in [-0.05, 0) is 68.4 Å². The number of carbonyl (C=O) groups excluding carboxylic acids is 2. The molecule has 28 heavy (non-hydrogen) atoms. The molecule has 7 heteroatoms. The average Bonchev–Trinajstić information content (AvgIpc) is 2.98. The maximum atomic E-state index is 12.6. The number of hydrogen-bond donors (Lipinski definition) is 2. The SMILES string of the molecule is CCOC(=O)c1c(NC(=S)NC(=O)c2ccccc2C)sc2c1CCC(C)C2. The molecule has 3 rings (SSSR count). The van der Waals surface area contributed by atoms with Crippen LogP contribution in [0.2, 0.25) is 0 Å². The smallest absolute Gasteiger partial charge is 0.341 e. The van der Waals surface area contributed by atoms with Crippen molar-refractivity contribution in [2.24, 2.45) is 5.92 Å². The van der Waals surface area contributed by atoms with Crippen molar-refractivity contribution < 1.29 is 14.3 Å². The van der Waals surface area contributed by atoms with Crippen molar-refractivity contribution in [2.45, 2.75) is 40.0 Å². The van der Waals surface area contributed by atoms with Crippen LogP contribution in [0.5, 0.6) is 0 Å². The number of fused-ring (bicyclic) bond motifs is 1. The van der Waals surface area contributed by atoms with Crippen LogP contribution in [-0.2, 0) is 17.6 Å². The predicted octanol–water partition coefficient (Wildman–Crippen LogP) is 4.48. The van der Waals surface area contributed by atoms with Crippen molar-refractivity contribution >= 4 is 45.5 Å². The molecule has 2 N–H and O–H groups in total. The van der Waals surface area contributed by atoms with Crippen LogP contribution in [-0.4, -0.2) is 23.6 Å². The van der Waals surface area contributed by atoms with Crippen molar-refractivity contribution in [1.29, 1.82) is 0 Å². The van der Waals surface area contributed by atoms with Crippen molar-refractivity contribution in [2.75, 3.05) is 11.9 Å². The topological polar surface area (TPSA) is 67.4 Å². The number of nitrogens with one attached hydrogen (secondary N) is 2. The number of hydrogen-bond acceptors (Lipinski definition) is 5. The number of esters is 1. The van der Waals surface area contributed by atoms with Crippen LogP contribution < -0.4 is 10.6 Å². The van der Waals surface area contributed by atoms with Crippen LogP contribution in [0.3, 0.4) is 0 Å². The second-order valence-electron chi connectivity index (χ2n) is 7.00. The lowest BCUT2D eigenvalue weighted by Crippen LogP contribution is -2.34. The normalized spacial score (nSPS) is 15.5. The number of anilines is 1. The van der Waals surface area contributed by atoms with E-state index in [0.717, 1.165) is 30.4 Å². The van der Waals surface area contributed by atoms with Gasteiger partial charge in [0.05, 0.1) is 12.2 Å². The molecule has 1 aromatic carbocycles. The molecular formula is C21H24N2O3S2. The summed E-state index contributed by atoms with van der Waals surface area (Å²) < 4.78 is 5.26. The number of aryl methyl sites for hydroxylation is 1. The molecule has 5 nitrogen and oxygen atoms in total. The zero-order valence-electron chi connectivity index (χ0n) is 16.3. The van der Waals surface area contributed by atoms with Gasteiger partial charge in [0.25, 0.3) is 5.91 Å². The number of carbonyl (C=O) groups is 2. The van der Waals surface area contributed by atoms with Gasteiger partial charge in [-0.2, -0.15) is 0 Å². The number of thiophene rings is 1. The summed E-state index contributed by atoms with van der Waals surface area (Å²) in [5.41, 5.74) is 3.05. The van der Waals surface area contributed by atoms with E-state index < -0.39 is 0 Å². The highest BCUT2D eigenvalue weighted by atomic mass is 32.1. The molecule has 0 saturated heterocycles. The van der Waals surface area contributed by atoms with Gasteiger partial charge in [-0.15, -0.1) is 11.3 Å². The molecule has 0 fully saturated rings. The first-order chi connectivity index (χ1) is 13.4. The monoisotopic (exact) mass is 416 g/mol. The van der Waals surface area contributed by atoms with Crippen molar-refractivity contribution in [1.82, 2.24) is 5.32 Å². The highest BCUT2D eigenvalue weighted by molar-refractivity contribution is 7.80. The molecule has 1 aromatic heterocycles. The summed E-state index contributed by atoms with van der Waals surface area (Å²) in [6, 6.07) is 7.32. The van der Waals surface area contributed by atoms with E-state index in [2.05, 4.69) is 17.6 Å². The van der Waals surface area contributed by atoms with Crippen molar-refractivity contribution in [3.63, 3.8) is 0 Å². The Morgan fingerprint density at radius 2 is 2.07 bits per heavy atom. The predicted molar refractivity (Wildman–Crippen MR) is 116 cm³/mol. The van der Waals surface area contributed by atoms with Gasteiger partial charge in [0.2, 0.25) is 0 Å². The van der Waals surface area contributed by atoms with Gasteiger partial charge in [0.1, 0.15) is 5.00 Å². The summed E-state index contributed by atoms with van der Waals surface area (Å²) in [5.74, 6) is -0.0323. The first-order valence-corrected chi connectivity index (χ1v) is 10.6. The number of thiocarbonyl (C=S) groups is 1. The fourth-order valence-corrected chi connectivity index (χ4v) is 5.05.